The van der Waals surface area contributed by atoms with Crippen LogP contribution in [-0.2, 0) is 5.60 Å². The number of rotatable bonds is 5. The number of hydrogen-bond donors (Lipinski definition) is 4. The molecule has 2 aliphatic heterocycles. The Kier molecular flexibility index (Phi) is 8.71. The lowest BCUT2D eigenvalue weighted by Crippen LogP contribution is -2.44. The molecule has 0 radical (unpaired) electrons. The van der Waals surface area contributed by atoms with Crippen LogP contribution in [0.2, 0.25) is 0 Å². The number of benzene rings is 2. The number of aromatic amines is 1. The average Bonchev–Trinajstić information content (AvgIpc) is 3.02. The molecule has 42 heavy (non-hydrogen) atoms. The van der Waals surface area contributed by atoms with Crippen molar-refractivity contribution in [3.8, 4) is 6.07 Å². The molecule has 4 N–H and O–H groups in total. The standard InChI is InChI=1S/C32H38N8O2/c1-38-18-13-27(14-19-38)39(2)30(41)24-7-11-26(12-8-24)36-31(34)37-29-28(4-3-17-35-29)40-20-15-32(42,16-21-40)25-9-5-23(22-33)6-10-25/h3-12,17,27,42H,13-16,18-21H2,1-2H3,(H3,34,35,36,37). The van der Waals surface area contributed by atoms with Crippen molar-refractivity contribution < 1.29 is 9.90 Å². The number of H-pyrrole nitrogens is 1. The van der Waals surface area contributed by atoms with Crippen molar-refractivity contribution in [2.24, 2.45) is 4.99 Å². The van der Waals surface area contributed by atoms with Gasteiger partial charge in [0.05, 0.1) is 22.9 Å². The van der Waals surface area contributed by atoms with Gasteiger partial charge in [0.2, 0.25) is 5.96 Å². The second-order valence-corrected chi connectivity index (χ2v) is 11.2. The molecule has 1 aromatic heterocycles. The first-order valence-corrected chi connectivity index (χ1v) is 14.4. The second kappa shape index (κ2) is 12.6. The van der Waals surface area contributed by atoms with Crippen LogP contribution in [0.3, 0.4) is 0 Å². The average molecular weight is 567 g/mol. The van der Waals surface area contributed by atoms with Gasteiger partial charge in [-0.3, -0.25) is 10.2 Å². The number of piperidine rings is 2. The minimum Gasteiger partial charge on any atom is -0.385 e. The van der Waals surface area contributed by atoms with Crippen LogP contribution in [0.1, 0.15) is 47.2 Å². The summed E-state index contributed by atoms with van der Waals surface area (Å²) in [5.41, 5.74) is 3.12. The maximum absolute atomic E-state index is 13.0. The van der Waals surface area contributed by atoms with E-state index in [9.17, 15) is 9.90 Å². The van der Waals surface area contributed by atoms with E-state index in [2.05, 4.69) is 38.2 Å². The number of likely N-dealkylation sites (tertiary alicyclic amines) is 1. The van der Waals surface area contributed by atoms with Crippen molar-refractivity contribution in [3.05, 3.63) is 89.0 Å². The predicted molar refractivity (Wildman–Crippen MR) is 163 cm³/mol. The van der Waals surface area contributed by atoms with Crippen molar-refractivity contribution in [1.82, 2.24) is 14.8 Å². The third-order valence-electron chi connectivity index (χ3n) is 8.47. The summed E-state index contributed by atoms with van der Waals surface area (Å²) in [6.45, 7) is 3.21. The molecule has 0 atom stereocenters. The Hall–Kier alpha value is -4.46. The number of nitrogens with one attached hydrogen (secondary N) is 3. The fourth-order valence-corrected chi connectivity index (χ4v) is 5.75. The van der Waals surface area contributed by atoms with E-state index in [4.69, 9.17) is 10.7 Å². The van der Waals surface area contributed by atoms with E-state index >= 15 is 0 Å². The third-order valence-corrected chi connectivity index (χ3v) is 8.47. The van der Waals surface area contributed by atoms with Crippen molar-refractivity contribution >= 4 is 23.2 Å². The molecule has 2 aliphatic rings. The number of aromatic nitrogens is 1. The van der Waals surface area contributed by atoms with Crippen LogP contribution in [-0.4, -0.2) is 78.1 Å². The Morgan fingerprint density at radius 3 is 2.40 bits per heavy atom. The Bertz CT molecular complexity index is 1510. The maximum Gasteiger partial charge on any atom is 0.253 e. The summed E-state index contributed by atoms with van der Waals surface area (Å²) in [6.07, 6.45) is 4.78. The summed E-state index contributed by atoms with van der Waals surface area (Å²) in [4.78, 5) is 27.0. The number of carbonyl (C=O) groups is 1. The lowest BCUT2D eigenvalue weighted by atomic mass is 9.84. The minimum absolute atomic E-state index is 0.00649. The molecule has 0 unspecified atom stereocenters. The van der Waals surface area contributed by atoms with E-state index in [1.165, 1.54) is 0 Å². The van der Waals surface area contributed by atoms with E-state index in [0.717, 1.165) is 37.2 Å². The summed E-state index contributed by atoms with van der Waals surface area (Å²) in [5.74, 6) is -0.0284. The maximum atomic E-state index is 13.0. The zero-order valence-corrected chi connectivity index (χ0v) is 24.2. The summed E-state index contributed by atoms with van der Waals surface area (Å²) in [7, 11) is 3.99. The summed E-state index contributed by atoms with van der Waals surface area (Å²) < 4.78 is 0. The predicted octanol–water partition coefficient (Wildman–Crippen LogP) is 3.49. The van der Waals surface area contributed by atoms with Crippen LogP contribution in [0, 0.1) is 16.7 Å². The molecule has 2 saturated heterocycles. The third kappa shape index (κ3) is 6.54. The highest BCUT2D eigenvalue weighted by Gasteiger charge is 2.34. The van der Waals surface area contributed by atoms with Gasteiger partial charge in [-0.1, -0.05) is 12.1 Å². The SMILES string of the molecule is CN1CCC(N(C)C(=O)c2ccc(NC(=N)/N=c3\[nH]cccc3N3CCC(O)(c4ccc(C#N)cc4)CC3)cc2)CC1. The number of hydrogen-bond acceptors (Lipinski definition) is 6. The van der Waals surface area contributed by atoms with Crippen LogP contribution < -0.4 is 15.7 Å². The molecule has 0 saturated carbocycles. The lowest BCUT2D eigenvalue weighted by Gasteiger charge is -2.39. The van der Waals surface area contributed by atoms with Crippen LogP contribution in [0.25, 0.3) is 0 Å². The van der Waals surface area contributed by atoms with Crippen LogP contribution >= 0.6 is 0 Å². The number of aliphatic hydroxyl groups is 1. The van der Waals surface area contributed by atoms with E-state index in [1.807, 2.05) is 36.2 Å². The molecule has 2 aromatic carbocycles. The van der Waals surface area contributed by atoms with E-state index in [0.29, 0.717) is 48.2 Å². The molecule has 218 valence electrons. The Balaban J connectivity index is 1.22. The van der Waals surface area contributed by atoms with Crippen molar-refractivity contribution in [2.45, 2.75) is 37.3 Å². The van der Waals surface area contributed by atoms with Gasteiger partial charge in [-0.2, -0.15) is 10.3 Å². The molecule has 3 heterocycles. The molecule has 5 rings (SSSR count). The van der Waals surface area contributed by atoms with Crippen LogP contribution in [0.5, 0.6) is 0 Å². The fraction of sp³-hybridized carbons (Fsp3) is 0.375. The highest BCUT2D eigenvalue weighted by Crippen LogP contribution is 2.34. The number of carbonyl (C=O) groups excluding carboxylic acids is 1. The van der Waals surface area contributed by atoms with Crippen molar-refractivity contribution in [3.63, 3.8) is 0 Å². The number of nitrogens with zero attached hydrogens (tertiary/aromatic N) is 5. The number of nitriles is 1. The van der Waals surface area contributed by atoms with Gasteiger partial charge >= 0.3 is 0 Å². The van der Waals surface area contributed by atoms with Gasteiger partial charge in [-0.25, -0.2) is 0 Å². The Morgan fingerprint density at radius 2 is 1.76 bits per heavy atom. The highest BCUT2D eigenvalue weighted by atomic mass is 16.3. The molecule has 0 bridgehead atoms. The fourth-order valence-electron chi connectivity index (χ4n) is 5.75. The molecular formula is C32H38N8O2. The van der Waals surface area contributed by atoms with Gasteiger partial charge in [0.1, 0.15) is 0 Å². The molecule has 2 fully saturated rings. The molecular weight excluding hydrogens is 528 g/mol. The van der Waals surface area contributed by atoms with Gasteiger partial charge in [-0.05, 0) is 99.9 Å². The molecule has 1 amide bonds. The topological polar surface area (TPSA) is 135 Å². The van der Waals surface area contributed by atoms with E-state index in [-0.39, 0.29) is 17.9 Å². The minimum atomic E-state index is -0.954. The summed E-state index contributed by atoms with van der Waals surface area (Å²) in [6, 6.07) is 20.5. The Labute approximate surface area is 246 Å². The summed E-state index contributed by atoms with van der Waals surface area (Å²) >= 11 is 0. The second-order valence-electron chi connectivity index (χ2n) is 11.2. The van der Waals surface area contributed by atoms with Gasteiger partial charge in [-0.15, -0.1) is 0 Å². The van der Waals surface area contributed by atoms with Crippen LogP contribution in [0.15, 0.2) is 71.9 Å². The number of amides is 1. The molecule has 0 spiro atoms. The molecule has 10 nitrogen and oxygen atoms in total. The zero-order valence-electron chi connectivity index (χ0n) is 24.2. The van der Waals surface area contributed by atoms with E-state index in [1.54, 1.807) is 42.6 Å². The largest absolute Gasteiger partial charge is 0.385 e. The molecule has 0 aliphatic carbocycles. The van der Waals surface area contributed by atoms with Crippen molar-refractivity contribution in [2.75, 3.05) is 50.5 Å². The summed E-state index contributed by atoms with van der Waals surface area (Å²) in [5, 5.41) is 31.9. The quantitative estimate of drug-likeness (QED) is 0.276. The molecule has 10 heteroatoms. The van der Waals surface area contributed by atoms with Crippen LogP contribution in [0.4, 0.5) is 11.4 Å². The lowest BCUT2D eigenvalue weighted by molar-refractivity contribution is 0.0117. The zero-order chi connectivity index (χ0) is 29.7. The number of pyridine rings is 1. The van der Waals surface area contributed by atoms with E-state index < -0.39 is 5.60 Å². The highest BCUT2D eigenvalue weighted by molar-refractivity contribution is 5.96. The van der Waals surface area contributed by atoms with Gasteiger partial charge < -0.3 is 30.1 Å². The first kappa shape index (κ1) is 29.0. The first-order chi connectivity index (χ1) is 20.3. The van der Waals surface area contributed by atoms with Crippen molar-refractivity contribution in [1.29, 1.82) is 10.7 Å². The number of guanidine groups is 1. The van der Waals surface area contributed by atoms with Gasteiger partial charge in [0.15, 0.2) is 5.49 Å². The first-order valence-electron chi connectivity index (χ1n) is 14.4. The van der Waals surface area contributed by atoms with Gasteiger partial charge in [0.25, 0.3) is 5.91 Å². The van der Waals surface area contributed by atoms with Gasteiger partial charge in [0, 0.05) is 43.6 Å². The number of anilines is 2. The normalized spacial score (nSPS) is 17.9. The monoisotopic (exact) mass is 566 g/mol. The smallest absolute Gasteiger partial charge is 0.253 e. The Morgan fingerprint density at radius 1 is 1.10 bits per heavy atom. The molecule has 3 aromatic rings.